The maximum atomic E-state index is 13.1. The summed E-state index contributed by atoms with van der Waals surface area (Å²) >= 11 is 0. The number of anilines is 3. The van der Waals surface area contributed by atoms with E-state index in [0.29, 0.717) is 23.6 Å². The van der Waals surface area contributed by atoms with Crippen LogP contribution in [0.1, 0.15) is 24.4 Å². The van der Waals surface area contributed by atoms with Crippen molar-refractivity contribution in [3.63, 3.8) is 0 Å². The van der Waals surface area contributed by atoms with E-state index < -0.39 is 10.0 Å². The molecule has 1 atom stereocenters. The highest BCUT2D eigenvalue weighted by Gasteiger charge is 2.34. The minimum absolute atomic E-state index is 0.104. The van der Waals surface area contributed by atoms with Gasteiger partial charge in [-0.15, -0.1) is 0 Å². The lowest BCUT2D eigenvalue weighted by molar-refractivity contribution is -0.117. The zero-order chi connectivity index (χ0) is 23.0. The predicted octanol–water partition coefficient (Wildman–Crippen LogP) is 3.72. The molecular formula is C23H23N3O5S. The van der Waals surface area contributed by atoms with E-state index in [2.05, 4.69) is 4.72 Å². The molecule has 0 saturated heterocycles. The van der Waals surface area contributed by atoms with E-state index in [0.717, 1.165) is 17.4 Å². The largest absolute Gasteiger partial charge is 0.459 e. The van der Waals surface area contributed by atoms with Gasteiger partial charge in [-0.25, -0.2) is 8.42 Å². The average Bonchev–Trinajstić information content (AvgIpc) is 3.26. The number of hydrogen-bond donors (Lipinski definition) is 1. The van der Waals surface area contributed by atoms with Gasteiger partial charge >= 0.3 is 0 Å². The Balaban J connectivity index is 1.76. The van der Waals surface area contributed by atoms with Crippen molar-refractivity contribution in [2.45, 2.75) is 19.9 Å². The Kier molecular flexibility index (Phi) is 5.52. The fourth-order valence-electron chi connectivity index (χ4n) is 3.95. The Labute approximate surface area is 186 Å². The van der Waals surface area contributed by atoms with Crippen LogP contribution in [0.4, 0.5) is 17.1 Å². The molecule has 1 aliphatic rings. The van der Waals surface area contributed by atoms with Crippen LogP contribution in [0.2, 0.25) is 0 Å². The number of furan rings is 1. The second-order valence-corrected chi connectivity index (χ2v) is 9.53. The van der Waals surface area contributed by atoms with Gasteiger partial charge in [0.15, 0.2) is 5.76 Å². The molecule has 9 heteroatoms. The van der Waals surface area contributed by atoms with Gasteiger partial charge in [0.1, 0.15) is 0 Å². The maximum Gasteiger partial charge on any atom is 0.294 e. The second-order valence-electron chi connectivity index (χ2n) is 7.79. The van der Waals surface area contributed by atoms with Crippen molar-refractivity contribution in [2.75, 3.05) is 27.3 Å². The summed E-state index contributed by atoms with van der Waals surface area (Å²) in [5, 5.41) is 0. The summed E-state index contributed by atoms with van der Waals surface area (Å²) in [4.78, 5) is 28.8. The zero-order valence-electron chi connectivity index (χ0n) is 17.9. The van der Waals surface area contributed by atoms with Crippen molar-refractivity contribution >= 4 is 38.9 Å². The van der Waals surface area contributed by atoms with Crippen LogP contribution in [-0.2, 0) is 14.8 Å². The van der Waals surface area contributed by atoms with E-state index in [1.165, 1.54) is 13.2 Å². The molecule has 2 heterocycles. The van der Waals surface area contributed by atoms with E-state index in [1.807, 2.05) is 25.1 Å². The van der Waals surface area contributed by atoms with Crippen LogP contribution in [0.15, 0.2) is 65.3 Å². The van der Waals surface area contributed by atoms with Gasteiger partial charge < -0.3 is 14.2 Å². The van der Waals surface area contributed by atoms with Crippen LogP contribution >= 0.6 is 0 Å². The van der Waals surface area contributed by atoms with Gasteiger partial charge in [0.2, 0.25) is 15.9 Å². The average molecular weight is 454 g/mol. The standard InChI is InChI=1S/C23H23N3O5S/c1-15-14-25(23(28)22-5-4-12-31-22)21-13-18(8-11-20(21)26(15)16(2)27)17-6-9-19(10-7-17)24-32(3,29)30/h4-13,15,24H,14H2,1-3H3/t15-/m0/s1. The molecule has 0 aliphatic carbocycles. The third kappa shape index (κ3) is 4.24. The molecule has 166 valence electrons. The van der Waals surface area contributed by atoms with E-state index in [9.17, 15) is 18.0 Å². The number of fused-ring (bicyclic) bond motifs is 1. The van der Waals surface area contributed by atoms with Crippen molar-refractivity contribution in [1.82, 2.24) is 0 Å². The van der Waals surface area contributed by atoms with Crippen LogP contribution < -0.4 is 14.5 Å². The Bertz CT molecular complexity index is 1270. The summed E-state index contributed by atoms with van der Waals surface area (Å²) < 4.78 is 30.6. The highest BCUT2D eigenvalue weighted by Crippen LogP contribution is 2.39. The Morgan fingerprint density at radius 1 is 1.03 bits per heavy atom. The number of nitrogens with zero attached hydrogens (tertiary/aromatic N) is 2. The Morgan fingerprint density at radius 3 is 2.31 bits per heavy atom. The molecular weight excluding hydrogens is 430 g/mol. The quantitative estimate of drug-likeness (QED) is 0.649. The Hall–Kier alpha value is -3.59. The topological polar surface area (TPSA) is 99.9 Å². The van der Waals surface area contributed by atoms with Crippen molar-refractivity contribution in [1.29, 1.82) is 0 Å². The molecule has 1 aliphatic heterocycles. The summed E-state index contributed by atoms with van der Waals surface area (Å²) in [6.45, 7) is 3.73. The maximum absolute atomic E-state index is 13.1. The first-order valence-corrected chi connectivity index (χ1v) is 11.9. The molecule has 0 radical (unpaired) electrons. The van der Waals surface area contributed by atoms with Crippen LogP contribution in [0.25, 0.3) is 11.1 Å². The van der Waals surface area contributed by atoms with Crippen LogP contribution in [0.3, 0.4) is 0 Å². The molecule has 1 N–H and O–H groups in total. The number of carbonyl (C=O) groups is 2. The lowest BCUT2D eigenvalue weighted by Crippen LogP contribution is -2.51. The number of carbonyl (C=O) groups excluding carboxylic acids is 2. The van der Waals surface area contributed by atoms with E-state index in [4.69, 9.17) is 4.42 Å². The molecule has 1 aromatic heterocycles. The van der Waals surface area contributed by atoms with Crippen LogP contribution in [-0.4, -0.2) is 39.1 Å². The first kappa shape index (κ1) is 21.6. The van der Waals surface area contributed by atoms with E-state index >= 15 is 0 Å². The second kappa shape index (κ2) is 8.16. The third-order valence-corrected chi connectivity index (χ3v) is 5.86. The van der Waals surface area contributed by atoms with Gasteiger partial charge in [-0.05, 0) is 54.4 Å². The van der Waals surface area contributed by atoms with Crippen molar-refractivity contribution in [3.05, 3.63) is 66.6 Å². The van der Waals surface area contributed by atoms with E-state index in [1.54, 1.807) is 46.2 Å². The minimum atomic E-state index is -3.37. The van der Waals surface area contributed by atoms with Gasteiger partial charge in [0.05, 0.1) is 29.9 Å². The molecule has 0 bridgehead atoms. The van der Waals surface area contributed by atoms with Crippen molar-refractivity contribution in [3.8, 4) is 11.1 Å². The number of hydrogen-bond acceptors (Lipinski definition) is 5. The molecule has 0 spiro atoms. The smallest absolute Gasteiger partial charge is 0.294 e. The van der Waals surface area contributed by atoms with Gasteiger partial charge in [-0.2, -0.15) is 0 Å². The molecule has 0 fully saturated rings. The number of amides is 2. The number of sulfonamides is 1. The van der Waals surface area contributed by atoms with Crippen molar-refractivity contribution < 1.29 is 22.4 Å². The van der Waals surface area contributed by atoms with Gasteiger partial charge in [0, 0.05) is 19.2 Å². The fraction of sp³-hybridized carbons (Fsp3) is 0.217. The van der Waals surface area contributed by atoms with Gasteiger partial charge in [-0.1, -0.05) is 18.2 Å². The highest BCUT2D eigenvalue weighted by molar-refractivity contribution is 7.92. The molecule has 2 amide bonds. The monoisotopic (exact) mass is 453 g/mol. The molecule has 2 aromatic carbocycles. The van der Waals surface area contributed by atoms with Gasteiger partial charge in [-0.3, -0.25) is 14.3 Å². The fourth-order valence-corrected chi connectivity index (χ4v) is 4.52. The van der Waals surface area contributed by atoms with Crippen LogP contribution in [0.5, 0.6) is 0 Å². The van der Waals surface area contributed by atoms with Crippen molar-refractivity contribution in [2.24, 2.45) is 0 Å². The third-order valence-electron chi connectivity index (χ3n) is 5.25. The highest BCUT2D eigenvalue weighted by atomic mass is 32.2. The lowest BCUT2D eigenvalue weighted by Gasteiger charge is -2.40. The lowest BCUT2D eigenvalue weighted by atomic mass is 10.00. The molecule has 32 heavy (non-hydrogen) atoms. The summed E-state index contributed by atoms with van der Waals surface area (Å²) in [5.74, 6) is -0.162. The number of rotatable bonds is 4. The number of benzene rings is 2. The summed E-state index contributed by atoms with van der Waals surface area (Å²) in [5.41, 5.74) is 3.38. The van der Waals surface area contributed by atoms with E-state index in [-0.39, 0.29) is 23.6 Å². The van der Waals surface area contributed by atoms with Crippen LogP contribution in [0, 0.1) is 0 Å². The summed E-state index contributed by atoms with van der Waals surface area (Å²) in [6.07, 6.45) is 2.54. The predicted molar refractivity (Wildman–Crippen MR) is 123 cm³/mol. The first-order valence-electron chi connectivity index (χ1n) is 10.0. The Morgan fingerprint density at radius 2 is 1.72 bits per heavy atom. The molecule has 3 aromatic rings. The summed E-state index contributed by atoms with van der Waals surface area (Å²) in [6, 6.07) is 15.6. The zero-order valence-corrected chi connectivity index (χ0v) is 18.7. The first-order chi connectivity index (χ1) is 15.1. The minimum Gasteiger partial charge on any atom is -0.459 e. The molecule has 4 rings (SSSR count). The normalized spacial score (nSPS) is 15.9. The molecule has 0 saturated carbocycles. The SMILES string of the molecule is CC(=O)N1c2ccc(-c3ccc(NS(C)(=O)=O)cc3)cc2N(C(=O)c2ccco2)C[C@@H]1C. The molecule has 0 unspecified atom stereocenters. The molecule has 8 nitrogen and oxygen atoms in total. The summed E-state index contributed by atoms with van der Waals surface area (Å²) in [7, 11) is -3.37. The van der Waals surface area contributed by atoms with Gasteiger partial charge in [0.25, 0.3) is 5.91 Å². The number of nitrogens with one attached hydrogen (secondary N) is 1.